The van der Waals surface area contributed by atoms with Crippen LogP contribution in [0, 0.1) is 20.8 Å². The van der Waals surface area contributed by atoms with Crippen LogP contribution in [0.15, 0.2) is 145 Å². The van der Waals surface area contributed by atoms with E-state index in [1.807, 2.05) is 71.0 Å². The molecule has 0 aliphatic rings. The Morgan fingerprint density at radius 1 is 0.764 bits per heavy atom. The Kier molecular flexibility index (Phi) is 19.2. The number of hydrogen-bond donors (Lipinski definition) is 6. The molecule has 0 aliphatic heterocycles. The molecule has 4 aromatic rings. The molecule has 0 heterocycles. The Balaban J connectivity index is 0.000000584. The number of anilines is 5. The molecule has 4 aromatic carbocycles. The molecular weight excluding hydrogens is 682 g/mol. The average molecular weight is 746 g/mol. The van der Waals surface area contributed by atoms with Gasteiger partial charge in [-0.1, -0.05) is 96.2 Å². The van der Waals surface area contributed by atoms with E-state index in [4.69, 9.17) is 0 Å². The zero-order valence-corrected chi connectivity index (χ0v) is 34.9. The molecule has 0 bridgehead atoms. The largest absolute Gasteiger partial charge is 0.507 e. The van der Waals surface area contributed by atoms with Crippen molar-refractivity contribution in [2.24, 2.45) is 0 Å². The van der Waals surface area contributed by atoms with Crippen LogP contribution in [0.4, 0.5) is 32.9 Å². The summed E-state index contributed by atoms with van der Waals surface area (Å²) >= 11 is 0. The van der Waals surface area contributed by atoms with E-state index in [2.05, 4.69) is 136 Å². The van der Waals surface area contributed by atoms with E-state index >= 15 is 0 Å². The summed E-state index contributed by atoms with van der Waals surface area (Å²) in [5.41, 5.74) is 13.2. The average Bonchev–Trinajstić information content (AvgIpc) is 3.15. The predicted molar refractivity (Wildman–Crippen MR) is 239 cm³/mol. The van der Waals surface area contributed by atoms with Crippen molar-refractivity contribution >= 4 is 28.4 Å². The van der Waals surface area contributed by atoms with E-state index in [-0.39, 0.29) is 11.5 Å². The summed E-state index contributed by atoms with van der Waals surface area (Å²) in [7, 11) is 0. The molecule has 0 spiro atoms. The number of aryl methyl sites for hydroxylation is 3. The number of aromatic hydroxyl groups is 1. The van der Waals surface area contributed by atoms with Crippen LogP contribution in [0.5, 0.6) is 5.75 Å². The lowest BCUT2D eigenvalue weighted by atomic mass is 9.84. The molecule has 294 valence electrons. The topological polar surface area (TPSA) is 80.4 Å². The number of phenols is 1. The number of nitrogens with one attached hydrogen (secondary N) is 5. The first-order valence-electron chi connectivity index (χ1n) is 19.1. The molecule has 0 amide bonds. The van der Waals surface area contributed by atoms with Gasteiger partial charge in [-0.3, -0.25) is 0 Å². The van der Waals surface area contributed by atoms with Crippen molar-refractivity contribution in [2.45, 2.75) is 94.0 Å². The molecule has 7 heteroatoms. The maximum Gasteiger partial charge on any atom is 0.122 e. The van der Waals surface area contributed by atoms with Gasteiger partial charge in [0.15, 0.2) is 0 Å². The number of hydrogen-bond acceptors (Lipinski definition) is 6. The molecule has 6 nitrogen and oxygen atoms in total. The van der Waals surface area contributed by atoms with E-state index in [1.54, 1.807) is 23.8 Å². The molecule has 0 aliphatic carbocycles. The SMILES string of the molecule is C=C(/C=C\C(=C/CC)NF)Nc1ccc(NC(/C=C\C(C)Nc2ccc(Nc3cccc(C)c3)cc2)=C/C)cc1.CC.Cc1cc(C)c(O)c(C(C)(C)C)c1. The first-order valence-corrected chi connectivity index (χ1v) is 19.1. The molecule has 0 aromatic heterocycles. The second-order valence-electron chi connectivity index (χ2n) is 14.2. The van der Waals surface area contributed by atoms with Crippen LogP contribution < -0.4 is 26.8 Å². The molecule has 0 radical (unpaired) electrons. The van der Waals surface area contributed by atoms with E-state index < -0.39 is 0 Å². The number of allylic oxidation sites excluding steroid dienone is 5. The zero-order valence-electron chi connectivity index (χ0n) is 34.9. The molecule has 0 saturated carbocycles. The van der Waals surface area contributed by atoms with Gasteiger partial charge in [-0.15, -0.1) is 4.48 Å². The van der Waals surface area contributed by atoms with Crippen LogP contribution >= 0.6 is 0 Å². The maximum atomic E-state index is 12.7. The maximum absolute atomic E-state index is 12.7. The molecule has 6 N–H and O–H groups in total. The predicted octanol–water partition coefficient (Wildman–Crippen LogP) is 13.7. The summed E-state index contributed by atoms with van der Waals surface area (Å²) in [6, 6.07) is 28.8. The van der Waals surface area contributed by atoms with Gasteiger partial charge in [0, 0.05) is 45.9 Å². The van der Waals surface area contributed by atoms with Crippen LogP contribution in [-0.2, 0) is 5.41 Å². The Morgan fingerprint density at radius 3 is 1.93 bits per heavy atom. The number of benzene rings is 4. The van der Waals surface area contributed by atoms with Gasteiger partial charge in [0.1, 0.15) is 5.75 Å². The van der Waals surface area contributed by atoms with Gasteiger partial charge in [0.05, 0.1) is 5.70 Å². The van der Waals surface area contributed by atoms with Gasteiger partial charge in [0.25, 0.3) is 0 Å². The van der Waals surface area contributed by atoms with Crippen molar-refractivity contribution in [2.75, 3.05) is 21.3 Å². The van der Waals surface area contributed by atoms with Gasteiger partial charge in [-0.05, 0) is 142 Å². The van der Waals surface area contributed by atoms with Gasteiger partial charge < -0.3 is 26.4 Å². The van der Waals surface area contributed by atoms with Crippen LogP contribution in [0.3, 0.4) is 0 Å². The highest BCUT2D eigenvalue weighted by atomic mass is 19.2. The lowest BCUT2D eigenvalue weighted by Gasteiger charge is -2.22. The highest BCUT2D eigenvalue weighted by Crippen LogP contribution is 2.33. The third kappa shape index (κ3) is 16.5. The smallest absolute Gasteiger partial charge is 0.122 e. The first-order chi connectivity index (χ1) is 26.2. The second kappa shape index (κ2) is 23.2. The monoisotopic (exact) mass is 746 g/mol. The van der Waals surface area contributed by atoms with Crippen molar-refractivity contribution in [3.63, 3.8) is 0 Å². The quantitative estimate of drug-likeness (QED) is 0.0570. The molecule has 1 unspecified atom stereocenters. The fraction of sp³-hybridized carbons (Fsp3) is 0.292. The summed E-state index contributed by atoms with van der Waals surface area (Å²) in [5, 5.41) is 23.5. The highest BCUT2D eigenvalue weighted by Gasteiger charge is 2.19. The summed E-state index contributed by atoms with van der Waals surface area (Å²) in [6.07, 6.45) is 12.1. The van der Waals surface area contributed by atoms with Crippen molar-refractivity contribution in [3.05, 3.63) is 167 Å². The van der Waals surface area contributed by atoms with Gasteiger partial charge in [-0.2, -0.15) is 0 Å². The van der Waals surface area contributed by atoms with E-state index in [0.717, 1.165) is 51.7 Å². The normalized spacial score (nSPS) is 12.2. The highest BCUT2D eigenvalue weighted by molar-refractivity contribution is 5.63. The Labute approximate surface area is 331 Å². The standard InChI is InChI=1S/C34H40FN5.C12H18O.C2H6/c1-6-9-33(40-35)15-13-27(5)37-29-16-20-31(21-17-29)38-28(7-2)14-12-26(4)36-30-18-22-32(23-19-30)39-34-11-8-10-25(3)24-34;1-8-6-9(2)11(13)10(7-8)12(3,4)5;1-2/h7-24,26,36-40H,5-6H2,1-4H3;6-7,13H,1-5H3;1-2H3/b14-12-,15-13-,28-7+,33-9+;;. The zero-order chi connectivity index (χ0) is 41.0. The number of phenolic OH excluding ortho intramolecular Hbond substituents is 1. The third-order valence-corrected chi connectivity index (χ3v) is 8.19. The second-order valence-corrected chi connectivity index (χ2v) is 14.2. The van der Waals surface area contributed by atoms with Gasteiger partial charge in [-0.25, -0.2) is 5.54 Å². The molecule has 0 fully saturated rings. The minimum atomic E-state index is 0.0147. The van der Waals surface area contributed by atoms with Crippen molar-refractivity contribution in [3.8, 4) is 5.75 Å². The molecule has 4 rings (SSSR count). The summed E-state index contributed by atoms with van der Waals surface area (Å²) < 4.78 is 12.7. The summed E-state index contributed by atoms with van der Waals surface area (Å²) in [6.45, 7) is 26.5. The fourth-order valence-corrected chi connectivity index (χ4v) is 5.42. The Bertz CT molecular complexity index is 1900. The summed E-state index contributed by atoms with van der Waals surface area (Å²) in [4.78, 5) is 0. The molecule has 0 saturated heterocycles. The van der Waals surface area contributed by atoms with Crippen LogP contribution in [-0.4, -0.2) is 11.1 Å². The van der Waals surface area contributed by atoms with Crippen LogP contribution in [0.2, 0.25) is 0 Å². The fourth-order valence-electron chi connectivity index (χ4n) is 5.42. The third-order valence-electron chi connectivity index (χ3n) is 8.19. The molecule has 1 atom stereocenters. The van der Waals surface area contributed by atoms with Crippen LogP contribution in [0.1, 0.15) is 84.1 Å². The van der Waals surface area contributed by atoms with Crippen LogP contribution in [0.25, 0.3) is 0 Å². The van der Waals surface area contributed by atoms with Gasteiger partial charge in [0.2, 0.25) is 0 Å². The van der Waals surface area contributed by atoms with E-state index in [0.29, 0.717) is 17.1 Å². The summed E-state index contributed by atoms with van der Waals surface area (Å²) in [5.74, 6) is 0.443. The van der Waals surface area contributed by atoms with Gasteiger partial charge >= 0.3 is 0 Å². The van der Waals surface area contributed by atoms with E-state index in [1.165, 1.54) is 11.1 Å². The minimum absolute atomic E-state index is 0.0147. The van der Waals surface area contributed by atoms with Crippen molar-refractivity contribution in [1.29, 1.82) is 0 Å². The molecular formula is C48H64FN5O. The van der Waals surface area contributed by atoms with Crippen molar-refractivity contribution in [1.82, 2.24) is 5.54 Å². The molecule has 55 heavy (non-hydrogen) atoms. The number of rotatable bonds is 14. The van der Waals surface area contributed by atoms with Crippen molar-refractivity contribution < 1.29 is 9.59 Å². The lowest BCUT2D eigenvalue weighted by molar-refractivity contribution is 0.391. The lowest BCUT2D eigenvalue weighted by Crippen LogP contribution is -2.12. The number of halogens is 1. The Morgan fingerprint density at radius 2 is 1.36 bits per heavy atom. The van der Waals surface area contributed by atoms with E-state index in [9.17, 15) is 9.59 Å². The minimum Gasteiger partial charge on any atom is -0.507 e. The first kappa shape index (κ1) is 45.5. The Hall–Kier alpha value is -5.69.